The second kappa shape index (κ2) is 13.1. The summed E-state index contributed by atoms with van der Waals surface area (Å²) < 4.78 is 78.1. The fraction of sp³-hybridized carbons (Fsp3) is 0.243. The summed E-state index contributed by atoms with van der Waals surface area (Å²) in [6.45, 7) is 3.49. The van der Waals surface area contributed by atoms with E-state index in [1.54, 1.807) is 36.4 Å². The van der Waals surface area contributed by atoms with Gasteiger partial charge in [-0.3, -0.25) is 14.4 Å². The number of hydrogen-bond acceptors (Lipinski definition) is 8. The van der Waals surface area contributed by atoms with Gasteiger partial charge < -0.3 is 23.8 Å². The monoisotopic (exact) mass is 713 g/mol. The Labute approximate surface area is 291 Å². The fourth-order valence-corrected chi connectivity index (χ4v) is 7.84. The maximum Gasteiger partial charge on any atom is 0.255 e. The van der Waals surface area contributed by atoms with Gasteiger partial charge in [-0.1, -0.05) is 6.07 Å². The van der Waals surface area contributed by atoms with Crippen LogP contribution in [-0.2, 0) is 21.5 Å². The predicted molar refractivity (Wildman–Crippen MR) is 189 cm³/mol. The van der Waals surface area contributed by atoms with Crippen LogP contribution in [0.4, 0.5) is 14.5 Å². The van der Waals surface area contributed by atoms with Crippen molar-refractivity contribution in [1.29, 1.82) is 0 Å². The topological polar surface area (TPSA) is 128 Å². The van der Waals surface area contributed by atoms with Crippen LogP contribution in [0.25, 0.3) is 55.8 Å². The molecule has 0 spiro atoms. The van der Waals surface area contributed by atoms with E-state index in [4.69, 9.17) is 18.9 Å². The Kier molecular flexibility index (Phi) is 8.44. The summed E-state index contributed by atoms with van der Waals surface area (Å²) >= 11 is 0. The van der Waals surface area contributed by atoms with Gasteiger partial charge in [0.2, 0.25) is 10.0 Å². The molecule has 0 saturated carbocycles. The quantitative estimate of drug-likeness (QED) is 0.181. The summed E-state index contributed by atoms with van der Waals surface area (Å²) in [5.74, 6) is -0.738. The number of carbonyl (C=O) groups is 1. The molecule has 51 heavy (non-hydrogen) atoms. The van der Waals surface area contributed by atoms with Crippen LogP contribution in [0.3, 0.4) is 0 Å². The minimum Gasteiger partial charge on any atom is -0.470 e. The molecule has 0 atom stereocenters. The molecule has 11 nitrogen and oxygen atoms in total. The summed E-state index contributed by atoms with van der Waals surface area (Å²) in [6.07, 6.45) is 0.402. The van der Waals surface area contributed by atoms with Gasteiger partial charge >= 0.3 is 0 Å². The zero-order valence-corrected chi connectivity index (χ0v) is 28.4. The second-order valence-corrected chi connectivity index (χ2v) is 14.3. The molecule has 2 aliphatic rings. The van der Waals surface area contributed by atoms with E-state index in [0.717, 1.165) is 13.1 Å². The molecule has 2 N–H and O–H groups in total. The van der Waals surface area contributed by atoms with Crippen molar-refractivity contribution < 1.29 is 35.9 Å². The Balaban J connectivity index is 1.26. The summed E-state index contributed by atoms with van der Waals surface area (Å²) in [6, 6.07) is 18.7. The number of halogens is 2. The van der Waals surface area contributed by atoms with Gasteiger partial charge in [0.25, 0.3) is 5.91 Å². The number of anilines is 1. The van der Waals surface area contributed by atoms with Gasteiger partial charge in [0, 0.05) is 48.1 Å². The minimum atomic E-state index is -3.87. The van der Waals surface area contributed by atoms with E-state index >= 15 is 0 Å². The van der Waals surface area contributed by atoms with Crippen LogP contribution < -0.4 is 14.8 Å². The number of hydrogen-bond donors (Lipinski definition) is 2. The van der Waals surface area contributed by atoms with Crippen molar-refractivity contribution in [2.75, 3.05) is 50.4 Å². The Morgan fingerprint density at radius 3 is 2.57 bits per heavy atom. The zero-order chi connectivity index (χ0) is 35.3. The van der Waals surface area contributed by atoms with E-state index in [9.17, 15) is 22.0 Å². The van der Waals surface area contributed by atoms with Crippen LogP contribution >= 0.6 is 0 Å². The largest absolute Gasteiger partial charge is 0.470 e. The number of aromatic nitrogens is 2. The first-order valence-corrected chi connectivity index (χ1v) is 18.2. The lowest BCUT2D eigenvalue weighted by molar-refractivity contribution is 0.0381. The molecule has 8 rings (SSSR count). The number of fused-ring (bicyclic) bond motifs is 6. The van der Waals surface area contributed by atoms with Crippen molar-refractivity contribution in [2.24, 2.45) is 0 Å². The zero-order valence-electron chi connectivity index (χ0n) is 27.5. The van der Waals surface area contributed by atoms with Gasteiger partial charge in [0.15, 0.2) is 6.73 Å². The number of amides is 1. The van der Waals surface area contributed by atoms with Crippen molar-refractivity contribution in [2.45, 2.75) is 13.2 Å². The predicted octanol–water partition coefficient (Wildman–Crippen LogP) is 6.24. The van der Waals surface area contributed by atoms with Crippen LogP contribution in [0.15, 0.2) is 77.2 Å². The van der Waals surface area contributed by atoms with Crippen LogP contribution in [0.2, 0.25) is 0 Å². The summed E-state index contributed by atoms with van der Waals surface area (Å²) in [5.41, 5.74) is 3.55. The van der Waals surface area contributed by atoms with Crippen LogP contribution in [0, 0.1) is 11.6 Å². The number of furan rings is 1. The maximum absolute atomic E-state index is 14.8. The lowest BCUT2D eigenvalue weighted by Crippen LogP contribution is -2.37. The molecular weight excluding hydrogens is 680 g/mol. The highest BCUT2D eigenvalue weighted by atomic mass is 32.2. The number of nitrogens with zero attached hydrogens (tertiary/aromatic N) is 3. The Hall–Kier alpha value is -5.31. The fourth-order valence-electron chi connectivity index (χ4n) is 6.73. The average molecular weight is 714 g/mol. The van der Waals surface area contributed by atoms with Gasteiger partial charge in [-0.05, 0) is 73.6 Å². The molecule has 0 aliphatic carbocycles. The number of benzene rings is 3. The van der Waals surface area contributed by atoms with Crippen molar-refractivity contribution in [3.63, 3.8) is 0 Å². The first kappa shape index (κ1) is 32.9. The SMILES string of the molecule is CNC(=O)c1c(-c2ccc(F)cc2)oc2cc(NS(=O)(=O)CCCN3CCOCC3)c(-c3ccc4c(n3)-c3cc5c(F)cccc5n3CO4)cc12. The summed E-state index contributed by atoms with van der Waals surface area (Å²) in [5, 5.41) is 3.47. The van der Waals surface area contributed by atoms with Gasteiger partial charge in [-0.25, -0.2) is 22.2 Å². The average Bonchev–Trinajstić information content (AvgIpc) is 3.71. The van der Waals surface area contributed by atoms with Crippen LogP contribution in [0.5, 0.6) is 5.75 Å². The molecule has 2 aliphatic heterocycles. The molecule has 1 amide bonds. The van der Waals surface area contributed by atoms with Crippen LogP contribution in [-0.4, -0.2) is 74.4 Å². The summed E-state index contributed by atoms with van der Waals surface area (Å²) in [7, 11) is -2.38. The molecule has 3 aromatic heterocycles. The van der Waals surface area contributed by atoms with Crippen molar-refractivity contribution in [1.82, 2.24) is 19.8 Å². The maximum atomic E-state index is 14.8. The standard InChI is InChI=1S/C37H33F2N5O6S/c1-40-37(45)34-26-18-25(28-10-11-32-35(41-28)31-19-24-27(39)4-2-5-30(24)44(31)21-49-32)29(20-33(26)50-36(34)22-6-8-23(38)9-7-22)42-51(46,47)17-3-12-43-13-15-48-16-14-43/h2,4-11,18-20,42H,3,12-17,21H2,1H3,(H,40,45). The molecule has 262 valence electrons. The number of carbonyl (C=O) groups excluding carboxylic acids is 1. The van der Waals surface area contributed by atoms with E-state index in [2.05, 4.69) is 14.9 Å². The number of ether oxygens (including phenoxy) is 2. The molecule has 1 fully saturated rings. The number of sulfonamides is 1. The molecular formula is C37H33F2N5O6S. The van der Waals surface area contributed by atoms with E-state index < -0.39 is 21.7 Å². The molecule has 0 radical (unpaired) electrons. The van der Waals surface area contributed by atoms with Gasteiger partial charge in [0.05, 0.1) is 47.1 Å². The van der Waals surface area contributed by atoms with Crippen molar-refractivity contribution in [3.05, 3.63) is 90.0 Å². The van der Waals surface area contributed by atoms with Crippen molar-refractivity contribution >= 4 is 43.5 Å². The number of morpholine rings is 1. The molecule has 3 aromatic carbocycles. The number of pyridine rings is 1. The van der Waals surface area contributed by atoms with E-state index in [1.165, 1.54) is 43.4 Å². The van der Waals surface area contributed by atoms with Crippen LogP contribution in [0.1, 0.15) is 16.8 Å². The van der Waals surface area contributed by atoms with Crippen molar-refractivity contribution in [3.8, 4) is 39.7 Å². The highest BCUT2D eigenvalue weighted by molar-refractivity contribution is 7.92. The third-order valence-electron chi connectivity index (χ3n) is 9.26. The van der Waals surface area contributed by atoms with Gasteiger partial charge in [-0.15, -0.1) is 0 Å². The third-order valence-corrected chi connectivity index (χ3v) is 10.6. The molecule has 0 unspecified atom stereocenters. The highest BCUT2D eigenvalue weighted by Crippen LogP contribution is 2.43. The lowest BCUT2D eigenvalue weighted by atomic mass is 10.0. The first-order valence-electron chi connectivity index (χ1n) is 16.5. The molecule has 6 aromatic rings. The van der Waals surface area contributed by atoms with E-state index in [0.29, 0.717) is 76.4 Å². The second-order valence-electron chi connectivity index (χ2n) is 12.5. The third kappa shape index (κ3) is 6.19. The smallest absolute Gasteiger partial charge is 0.255 e. The lowest BCUT2D eigenvalue weighted by Gasteiger charge is -2.26. The number of rotatable bonds is 9. The molecule has 1 saturated heterocycles. The van der Waals surface area contributed by atoms with Gasteiger partial charge in [-0.2, -0.15) is 0 Å². The molecule has 14 heteroatoms. The Morgan fingerprint density at radius 2 is 1.78 bits per heavy atom. The summed E-state index contributed by atoms with van der Waals surface area (Å²) in [4.78, 5) is 20.5. The Morgan fingerprint density at radius 1 is 0.980 bits per heavy atom. The Bertz CT molecular complexity index is 2420. The van der Waals surface area contributed by atoms with E-state index in [1.807, 2.05) is 4.57 Å². The van der Waals surface area contributed by atoms with E-state index in [-0.39, 0.29) is 40.9 Å². The molecule has 0 bridgehead atoms. The first-order chi connectivity index (χ1) is 24.7. The highest BCUT2D eigenvalue weighted by Gasteiger charge is 2.27. The molecule has 5 heterocycles. The number of nitrogens with one attached hydrogen (secondary N) is 2. The minimum absolute atomic E-state index is 0.137. The normalized spacial score (nSPS) is 14.6. The van der Waals surface area contributed by atoms with Gasteiger partial charge in [0.1, 0.15) is 34.4 Å².